The van der Waals surface area contributed by atoms with Crippen LogP contribution in [0.3, 0.4) is 0 Å². The van der Waals surface area contributed by atoms with Crippen LogP contribution >= 0.6 is 0 Å². The molecule has 0 bridgehead atoms. The van der Waals surface area contributed by atoms with E-state index in [1.807, 2.05) is 13.8 Å². The van der Waals surface area contributed by atoms with Crippen molar-refractivity contribution < 1.29 is 50.1 Å². The van der Waals surface area contributed by atoms with E-state index in [-0.39, 0.29) is 86.1 Å². The van der Waals surface area contributed by atoms with Crippen molar-refractivity contribution in [3.63, 3.8) is 0 Å². The Morgan fingerprint density at radius 1 is 0.784 bits per heavy atom. The third-order valence-electron chi connectivity index (χ3n) is 9.26. The molecular formula is C40H36O11. The monoisotopic (exact) mass is 692 g/mol. The van der Waals surface area contributed by atoms with Gasteiger partial charge in [-0.2, -0.15) is 0 Å². The largest absolute Gasteiger partial charge is 0.508 e. The average Bonchev–Trinajstić information content (AvgIpc) is 3.03. The van der Waals surface area contributed by atoms with Crippen molar-refractivity contribution in [1.29, 1.82) is 0 Å². The first-order valence-electron chi connectivity index (χ1n) is 16.1. The first-order valence-corrected chi connectivity index (χ1v) is 16.1. The van der Waals surface area contributed by atoms with Crippen molar-refractivity contribution in [2.24, 2.45) is 5.92 Å². The van der Waals surface area contributed by atoms with Crippen molar-refractivity contribution in [3.05, 3.63) is 116 Å². The Balaban J connectivity index is 1.70. The van der Waals surface area contributed by atoms with Gasteiger partial charge in [-0.15, -0.1) is 0 Å². The second-order valence-electron chi connectivity index (χ2n) is 13.2. The summed E-state index contributed by atoms with van der Waals surface area (Å²) in [4.78, 5) is 29.0. The predicted octanol–water partition coefficient (Wildman–Crippen LogP) is 7.33. The number of fused-ring (bicyclic) bond motifs is 1. The number of benzene rings is 4. The number of hydrogen-bond acceptors (Lipinski definition) is 11. The SMILES string of the molecule is CC(C)=CCc1c(-c2ccc(O)cc2O)oc2c(C3C=C(C)CC(c4ccc(O)cc4O)C3C(=O)c3cc(O)cc(O)c3)c(O)cc(O)c2c1=O. The number of allylic oxidation sites excluding steroid dienone is 4. The van der Waals surface area contributed by atoms with Gasteiger partial charge in [0.15, 0.2) is 5.78 Å². The molecule has 0 saturated carbocycles. The van der Waals surface area contributed by atoms with E-state index in [9.17, 15) is 50.4 Å². The van der Waals surface area contributed by atoms with Gasteiger partial charge in [0.25, 0.3) is 0 Å². The Morgan fingerprint density at radius 2 is 1.43 bits per heavy atom. The number of carbonyl (C=O) groups excluding carboxylic acids is 1. The molecule has 8 N–H and O–H groups in total. The van der Waals surface area contributed by atoms with Crippen LogP contribution in [0.2, 0.25) is 0 Å². The third-order valence-corrected chi connectivity index (χ3v) is 9.26. The van der Waals surface area contributed by atoms with Gasteiger partial charge in [-0.25, -0.2) is 0 Å². The van der Waals surface area contributed by atoms with Gasteiger partial charge in [-0.1, -0.05) is 29.4 Å². The smallest absolute Gasteiger partial charge is 0.200 e. The summed E-state index contributed by atoms with van der Waals surface area (Å²) in [7, 11) is 0. The molecule has 11 heteroatoms. The average molecular weight is 693 g/mol. The van der Waals surface area contributed by atoms with Crippen LogP contribution in [0.4, 0.5) is 0 Å². The van der Waals surface area contributed by atoms with Crippen LogP contribution in [-0.2, 0) is 6.42 Å². The summed E-state index contributed by atoms with van der Waals surface area (Å²) in [6.07, 6.45) is 3.74. The van der Waals surface area contributed by atoms with E-state index in [4.69, 9.17) is 4.42 Å². The number of rotatable bonds is 7. The highest BCUT2D eigenvalue weighted by atomic mass is 16.3. The molecule has 51 heavy (non-hydrogen) atoms. The molecule has 11 nitrogen and oxygen atoms in total. The zero-order chi connectivity index (χ0) is 36.9. The predicted molar refractivity (Wildman–Crippen MR) is 189 cm³/mol. The van der Waals surface area contributed by atoms with Crippen molar-refractivity contribution in [2.75, 3.05) is 0 Å². The Labute approximate surface area is 291 Å². The molecule has 6 rings (SSSR count). The maximum atomic E-state index is 14.6. The minimum Gasteiger partial charge on any atom is -0.508 e. The molecule has 0 aliphatic heterocycles. The van der Waals surface area contributed by atoms with Gasteiger partial charge in [-0.3, -0.25) is 9.59 Å². The van der Waals surface area contributed by atoms with Gasteiger partial charge in [-0.05, 0) is 69.5 Å². The molecule has 3 atom stereocenters. The van der Waals surface area contributed by atoms with E-state index >= 15 is 0 Å². The minimum atomic E-state index is -1.19. The molecule has 1 aromatic heterocycles. The molecule has 0 saturated heterocycles. The summed E-state index contributed by atoms with van der Waals surface area (Å²) in [6, 6.07) is 12.1. The lowest BCUT2D eigenvalue weighted by Crippen LogP contribution is -2.32. The second-order valence-corrected chi connectivity index (χ2v) is 13.2. The number of aromatic hydroxyl groups is 8. The molecule has 262 valence electrons. The first-order chi connectivity index (χ1) is 24.1. The zero-order valence-electron chi connectivity index (χ0n) is 27.9. The summed E-state index contributed by atoms with van der Waals surface area (Å²) in [5.41, 5.74) is 0.915. The van der Waals surface area contributed by atoms with Crippen LogP contribution in [0.5, 0.6) is 46.0 Å². The number of phenols is 8. The number of phenolic OH excluding ortho intramolecular Hbond substituents is 8. The normalized spacial score (nSPS) is 17.2. The highest BCUT2D eigenvalue weighted by molar-refractivity contribution is 6.01. The van der Waals surface area contributed by atoms with Crippen molar-refractivity contribution in [2.45, 2.75) is 45.4 Å². The highest BCUT2D eigenvalue weighted by Crippen LogP contribution is 2.53. The molecule has 0 radical (unpaired) electrons. The van der Waals surface area contributed by atoms with Crippen LogP contribution in [-0.4, -0.2) is 46.6 Å². The van der Waals surface area contributed by atoms with Gasteiger partial charge in [0.05, 0.1) is 5.56 Å². The summed E-state index contributed by atoms with van der Waals surface area (Å²) >= 11 is 0. The lowest BCUT2D eigenvalue weighted by molar-refractivity contribution is 0.0879. The Morgan fingerprint density at radius 3 is 2.06 bits per heavy atom. The van der Waals surface area contributed by atoms with E-state index in [0.29, 0.717) is 0 Å². The van der Waals surface area contributed by atoms with E-state index in [0.717, 1.165) is 35.4 Å². The van der Waals surface area contributed by atoms with Crippen LogP contribution in [0.25, 0.3) is 22.3 Å². The number of carbonyl (C=O) groups is 1. The summed E-state index contributed by atoms with van der Waals surface area (Å²) < 4.78 is 6.45. The van der Waals surface area contributed by atoms with Crippen LogP contribution in [0, 0.1) is 5.92 Å². The summed E-state index contributed by atoms with van der Waals surface area (Å²) in [6.45, 7) is 5.44. The van der Waals surface area contributed by atoms with Crippen molar-refractivity contribution in [3.8, 4) is 57.3 Å². The molecule has 1 aliphatic carbocycles. The minimum absolute atomic E-state index is 0.0403. The molecule has 0 amide bonds. The molecule has 0 spiro atoms. The molecule has 1 aliphatic rings. The lowest BCUT2D eigenvalue weighted by atomic mass is 9.65. The van der Waals surface area contributed by atoms with E-state index in [1.165, 1.54) is 36.4 Å². The lowest BCUT2D eigenvalue weighted by Gasteiger charge is -2.37. The fraction of sp³-hybridized carbons (Fsp3) is 0.200. The Hall–Kier alpha value is -6.36. The summed E-state index contributed by atoms with van der Waals surface area (Å²) in [5, 5.41) is 85.0. The van der Waals surface area contributed by atoms with Crippen LogP contribution in [0.1, 0.15) is 66.1 Å². The molecule has 4 aromatic carbocycles. The maximum Gasteiger partial charge on any atom is 0.200 e. The molecule has 1 heterocycles. The topological polar surface area (TPSA) is 209 Å². The Bertz CT molecular complexity index is 2320. The number of Topliss-reactive ketones (excluding diaryl/α,β-unsaturated/α-hetero) is 1. The highest BCUT2D eigenvalue weighted by Gasteiger charge is 2.43. The first kappa shape index (κ1) is 34.5. The third kappa shape index (κ3) is 6.41. The maximum absolute atomic E-state index is 14.6. The second kappa shape index (κ2) is 13.2. The molecule has 5 aromatic rings. The van der Waals surface area contributed by atoms with Crippen molar-refractivity contribution in [1.82, 2.24) is 0 Å². The van der Waals surface area contributed by atoms with Crippen LogP contribution < -0.4 is 5.43 Å². The van der Waals surface area contributed by atoms with Gasteiger partial charge in [0, 0.05) is 58.7 Å². The van der Waals surface area contributed by atoms with E-state index in [1.54, 1.807) is 19.1 Å². The van der Waals surface area contributed by atoms with Gasteiger partial charge < -0.3 is 45.3 Å². The fourth-order valence-corrected chi connectivity index (χ4v) is 7.02. The van der Waals surface area contributed by atoms with Gasteiger partial charge in [0.1, 0.15) is 62.7 Å². The van der Waals surface area contributed by atoms with E-state index < -0.39 is 46.2 Å². The zero-order valence-corrected chi connectivity index (χ0v) is 27.9. The van der Waals surface area contributed by atoms with Crippen LogP contribution in [0.15, 0.2) is 93.2 Å². The van der Waals surface area contributed by atoms with E-state index in [2.05, 4.69) is 0 Å². The molecule has 0 fully saturated rings. The summed E-state index contributed by atoms with van der Waals surface area (Å²) in [5.74, 6) is -6.86. The quantitative estimate of drug-likeness (QED) is 0.0625. The van der Waals surface area contributed by atoms with Crippen molar-refractivity contribution >= 4 is 16.8 Å². The fourth-order valence-electron chi connectivity index (χ4n) is 7.02. The number of ketones is 1. The van der Waals surface area contributed by atoms with Gasteiger partial charge >= 0.3 is 0 Å². The number of hydrogen-bond donors (Lipinski definition) is 8. The molecular weight excluding hydrogens is 656 g/mol. The van der Waals surface area contributed by atoms with Gasteiger partial charge in [0.2, 0.25) is 5.43 Å². The molecule has 3 unspecified atom stereocenters. The Kier molecular flexibility index (Phi) is 8.90. The standard InChI is InChI=1S/C40H36O11/c1-18(2)4-7-27-38(50)36-33(48)17-32(47)35(40(36)51-39(27)26-9-6-22(42)16-31(26)46)29-11-19(3)10-28(25-8-5-21(41)15-30(25)45)34(29)37(49)20-12-23(43)14-24(44)13-20/h4-6,8-9,11-17,28-29,34,41-48H,7,10H2,1-3H3.